The number of amides is 1. The number of halogens is 1. The Morgan fingerprint density at radius 1 is 1.40 bits per heavy atom. The Morgan fingerprint density at radius 2 is 2.15 bits per heavy atom. The summed E-state index contributed by atoms with van der Waals surface area (Å²) in [5.41, 5.74) is 6.72. The molecule has 4 nitrogen and oxygen atoms in total. The van der Waals surface area contributed by atoms with E-state index in [1.54, 1.807) is 13.0 Å². The quantitative estimate of drug-likeness (QED) is 0.827. The van der Waals surface area contributed by atoms with E-state index in [0.29, 0.717) is 16.8 Å². The maximum Gasteiger partial charge on any atom is 0.251 e. The Balaban J connectivity index is 1.64. The van der Waals surface area contributed by atoms with Gasteiger partial charge in [-0.15, -0.1) is 0 Å². The van der Waals surface area contributed by atoms with Crippen molar-refractivity contribution in [3.8, 4) is 0 Å². The molecular formula is C15H20FN3O. The van der Waals surface area contributed by atoms with Crippen molar-refractivity contribution in [2.24, 2.45) is 0 Å². The molecule has 1 saturated heterocycles. The molecule has 108 valence electrons. The van der Waals surface area contributed by atoms with E-state index in [4.69, 9.17) is 5.73 Å². The Labute approximate surface area is 118 Å². The van der Waals surface area contributed by atoms with Gasteiger partial charge in [-0.2, -0.15) is 0 Å². The maximum atomic E-state index is 13.6. The zero-order valence-corrected chi connectivity index (χ0v) is 11.7. The number of likely N-dealkylation sites (tertiary alicyclic amines) is 1. The predicted octanol–water partition coefficient (Wildman–Crippen LogP) is 1.68. The van der Waals surface area contributed by atoms with Gasteiger partial charge >= 0.3 is 0 Å². The zero-order valence-electron chi connectivity index (χ0n) is 11.7. The predicted molar refractivity (Wildman–Crippen MR) is 76.0 cm³/mol. The van der Waals surface area contributed by atoms with Gasteiger partial charge in [0.15, 0.2) is 0 Å². The van der Waals surface area contributed by atoms with Gasteiger partial charge in [-0.1, -0.05) is 0 Å². The number of nitrogens with zero attached hydrogens (tertiary/aromatic N) is 1. The normalized spacial score (nSPS) is 23.0. The van der Waals surface area contributed by atoms with Gasteiger partial charge in [0.1, 0.15) is 5.82 Å². The number of nitrogen functional groups attached to an aromatic ring is 1. The van der Waals surface area contributed by atoms with E-state index in [2.05, 4.69) is 10.2 Å². The number of rotatable bonds is 3. The maximum absolute atomic E-state index is 13.6. The molecule has 1 saturated carbocycles. The average molecular weight is 277 g/mol. The van der Waals surface area contributed by atoms with Crippen LogP contribution in [0.1, 0.15) is 35.2 Å². The van der Waals surface area contributed by atoms with Gasteiger partial charge in [-0.05, 0) is 38.3 Å². The third kappa shape index (κ3) is 2.63. The summed E-state index contributed by atoms with van der Waals surface area (Å²) in [5, 5.41) is 2.98. The molecule has 0 aromatic heterocycles. The fourth-order valence-electron chi connectivity index (χ4n) is 2.78. The van der Waals surface area contributed by atoms with Crippen LogP contribution in [0.4, 0.5) is 10.1 Å². The van der Waals surface area contributed by atoms with Crippen LogP contribution in [0.25, 0.3) is 0 Å². The Bertz CT molecular complexity index is 519. The SMILES string of the molecule is Cc1c(N)cc(C(=O)NC2CCN(C3CC3)C2)cc1F. The molecular weight excluding hydrogens is 257 g/mol. The number of hydrogen-bond donors (Lipinski definition) is 2. The Hall–Kier alpha value is -1.62. The average Bonchev–Trinajstić information content (AvgIpc) is 3.16. The lowest BCUT2D eigenvalue weighted by Crippen LogP contribution is -2.37. The second-order valence-electron chi connectivity index (χ2n) is 5.86. The van der Waals surface area contributed by atoms with E-state index >= 15 is 0 Å². The minimum Gasteiger partial charge on any atom is -0.398 e. The summed E-state index contributed by atoms with van der Waals surface area (Å²) in [5.74, 6) is -0.667. The third-order valence-electron chi connectivity index (χ3n) is 4.26. The van der Waals surface area contributed by atoms with Crippen LogP contribution in [0.2, 0.25) is 0 Å². The molecule has 0 spiro atoms. The second-order valence-corrected chi connectivity index (χ2v) is 5.86. The molecule has 1 aromatic carbocycles. The number of carbonyl (C=O) groups excluding carboxylic acids is 1. The van der Waals surface area contributed by atoms with Gasteiger partial charge in [0, 0.05) is 42.0 Å². The molecule has 1 aliphatic carbocycles. The van der Waals surface area contributed by atoms with Crippen LogP contribution in [0.15, 0.2) is 12.1 Å². The standard InChI is InChI=1S/C15H20FN3O/c1-9-13(16)6-10(7-14(9)17)15(20)18-11-4-5-19(8-11)12-2-3-12/h6-7,11-12H,2-5,8,17H2,1H3,(H,18,20). The molecule has 20 heavy (non-hydrogen) atoms. The smallest absolute Gasteiger partial charge is 0.251 e. The highest BCUT2D eigenvalue weighted by Gasteiger charge is 2.34. The first-order chi connectivity index (χ1) is 9.54. The summed E-state index contributed by atoms with van der Waals surface area (Å²) >= 11 is 0. The molecule has 2 fully saturated rings. The number of nitrogens with two attached hydrogens (primary N) is 1. The molecule has 5 heteroatoms. The second kappa shape index (κ2) is 5.05. The highest BCUT2D eigenvalue weighted by Crippen LogP contribution is 2.29. The van der Waals surface area contributed by atoms with E-state index in [9.17, 15) is 9.18 Å². The molecule has 1 atom stereocenters. The lowest BCUT2D eigenvalue weighted by Gasteiger charge is -2.16. The molecule has 3 N–H and O–H groups in total. The first kappa shape index (κ1) is 13.4. The van der Waals surface area contributed by atoms with Crippen LogP contribution >= 0.6 is 0 Å². The van der Waals surface area contributed by atoms with Gasteiger partial charge in [-0.25, -0.2) is 4.39 Å². The summed E-state index contributed by atoms with van der Waals surface area (Å²) < 4.78 is 13.6. The topological polar surface area (TPSA) is 58.4 Å². The van der Waals surface area contributed by atoms with E-state index < -0.39 is 5.82 Å². The van der Waals surface area contributed by atoms with Crippen LogP contribution in [-0.4, -0.2) is 36.0 Å². The fourth-order valence-corrected chi connectivity index (χ4v) is 2.78. The van der Waals surface area contributed by atoms with Crippen LogP contribution in [0.5, 0.6) is 0 Å². The van der Waals surface area contributed by atoms with E-state index in [1.807, 2.05) is 0 Å². The van der Waals surface area contributed by atoms with Gasteiger partial charge in [0.25, 0.3) is 5.91 Å². The Morgan fingerprint density at radius 3 is 2.80 bits per heavy atom. The highest BCUT2D eigenvalue weighted by molar-refractivity contribution is 5.95. The van der Waals surface area contributed by atoms with Crippen LogP contribution in [0.3, 0.4) is 0 Å². The molecule has 1 heterocycles. The third-order valence-corrected chi connectivity index (χ3v) is 4.26. The molecule has 3 rings (SSSR count). The lowest BCUT2D eigenvalue weighted by atomic mass is 10.1. The van der Waals surface area contributed by atoms with Crippen LogP contribution < -0.4 is 11.1 Å². The van der Waals surface area contributed by atoms with Gasteiger partial charge in [0.2, 0.25) is 0 Å². The summed E-state index contributed by atoms with van der Waals surface area (Å²) in [6.45, 7) is 3.55. The van der Waals surface area contributed by atoms with Gasteiger partial charge in [0.05, 0.1) is 0 Å². The van der Waals surface area contributed by atoms with E-state index in [1.165, 1.54) is 18.9 Å². The molecule has 1 aliphatic heterocycles. The molecule has 1 amide bonds. The van der Waals surface area contributed by atoms with Gasteiger partial charge < -0.3 is 11.1 Å². The van der Waals surface area contributed by atoms with Crippen molar-refractivity contribution in [1.29, 1.82) is 0 Å². The van der Waals surface area contributed by atoms with Crippen molar-refractivity contribution in [1.82, 2.24) is 10.2 Å². The number of carbonyl (C=O) groups is 1. The highest BCUT2D eigenvalue weighted by atomic mass is 19.1. The van der Waals surface area contributed by atoms with Crippen molar-refractivity contribution in [2.45, 2.75) is 38.3 Å². The summed E-state index contributed by atoms with van der Waals surface area (Å²) in [6.07, 6.45) is 3.52. The largest absolute Gasteiger partial charge is 0.398 e. The van der Waals surface area contributed by atoms with E-state index in [0.717, 1.165) is 25.6 Å². The summed E-state index contributed by atoms with van der Waals surface area (Å²) in [4.78, 5) is 14.6. The molecule has 1 aromatic rings. The monoisotopic (exact) mass is 277 g/mol. The van der Waals surface area contributed by atoms with Crippen molar-refractivity contribution >= 4 is 11.6 Å². The van der Waals surface area contributed by atoms with Crippen LogP contribution in [-0.2, 0) is 0 Å². The number of hydrogen-bond acceptors (Lipinski definition) is 3. The number of anilines is 1. The molecule has 2 aliphatic rings. The van der Waals surface area contributed by atoms with Gasteiger partial charge in [-0.3, -0.25) is 9.69 Å². The Kier molecular flexibility index (Phi) is 3.38. The molecule has 0 bridgehead atoms. The van der Waals surface area contributed by atoms with Crippen LogP contribution in [0, 0.1) is 12.7 Å². The summed E-state index contributed by atoms with van der Waals surface area (Å²) in [6, 6.07) is 3.69. The number of benzene rings is 1. The lowest BCUT2D eigenvalue weighted by molar-refractivity contribution is 0.0937. The minimum atomic E-state index is -0.429. The molecule has 0 radical (unpaired) electrons. The first-order valence-corrected chi connectivity index (χ1v) is 7.15. The zero-order chi connectivity index (χ0) is 14.3. The number of nitrogens with one attached hydrogen (secondary N) is 1. The van der Waals surface area contributed by atoms with Crippen molar-refractivity contribution in [3.63, 3.8) is 0 Å². The van der Waals surface area contributed by atoms with Crippen molar-refractivity contribution < 1.29 is 9.18 Å². The first-order valence-electron chi connectivity index (χ1n) is 7.15. The molecule has 1 unspecified atom stereocenters. The van der Waals surface area contributed by atoms with Crippen molar-refractivity contribution in [3.05, 3.63) is 29.1 Å². The fraction of sp³-hybridized carbons (Fsp3) is 0.533. The van der Waals surface area contributed by atoms with E-state index in [-0.39, 0.29) is 11.9 Å². The minimum absolute atomic E-state index is 0.161. The van der Waals surface area contributed by atoms with Crippen molar-refractivity contribution in [2.75, 3.05) is 18.8 Å². The summed E-state index contributed by atoms with van der Waals surface area (Å²) in [7, 11) is 0.